The third-order valence-electron chi connectivity index (χ3n) is 4.47. The fourth-order valence-electron chi connectivity index (χ4n) is 3.09. The number of anilines is 1. The Morgan fingerprint density at radius 1 is 1.22 bits per heavy atom. The molecule has 2 aromatic rings. The van der Waals surface area contributed by atoms with Crippen LogP contribution in [0.4, 0.5) is 5.69 Å². The molecule has 0 spiro atoms. The molecule has 10 heteroatoms. The van der Waals surface area contributed by atoms with E-state index < -0.39 is 10.0 Å². The van der Waals surface area contributed by atoms with Gasteiger partial charge in [-0.2, -0.15) is 10.1 Å². The van der Waals surface area contributed by atoms with Gasteiger partial charge in [0.15, 0.2) is 11.5 Å². The Morgan fingerprint density at radius 3 is 2.44 bits per heavy atom. The summed E-state index contributed by atoms with van der Waals surface area (Å²) in [5.41, 5.74) is 2.11. The van der Waals surface area contributed by atoms with Crippen molar-refractivity contribution >= 4 is 49.3 Å². The van der Waals surface area contributed by atoms with Crippen molar-refractivity contribution in [3.05, 3.63) is 52.0 Å². The van der Waals surface area contributed by atoms with Gasteiger partial charge >= 0.3 is 0 Å². The highest BCUT2D eigenvalue weighted by Crippen LogP contribution is 2.38. The molecule has 2 N–H and O–H groups in total. The van der Waals surface area contributed by atoms with Crippen molar-refractivity contribution in [1.82, 2.24) is 0 Å². The van der Waals surface area contributed by atoms with E-state index in [4.69, 9.17) is 14.6 Å². The SMILES string of the molecule is CCOc1cc(/C=C2\C(=O)N(c3ccc(S(N)(=O)=O)cc3)N=C2C)cc(Br)c1OC(C)C. The minimum absolute atomic E-state index is 0.0327. The maximum absolute atomic E-state index is 13.0. The Labute approximate surface area is 195 Å². The van der Waals surface area contributed by atoms with Gasteiger partial charge in [0, 0.05) is 0 Å². The molecule has 0 radical (unpaired) electrons. The van der Waals surface area contributed by atoms with E-state index in [2.05, 4.69) is 21.0 Å². The number of carbonyl (C=O) groups excluding carboxylic acids is 1. The molecule has 3 rings (SSSR count). The highest BCUT2D eigenvalue weighted by atomic mass is 79.9. The van der Waals surface area contributed by atoms with Crippen LogP contribution in [0.25, 0.3) is 6.08 Å². The number of amides is 1. The Bertz CT molecular complexity index is 1200. The van der Waals surface area contributed by atoms with Crippen LogP contribution in [-0.2, 0) is 14.8 Å². The number of ether oxygens (including phenoxy) is 2. The van der Waals surface area contributed by atoms with Crippen molar-refractivity contribution in [2.75, 3.05) is 11.6 Å². The molecule has 0 aromatic heterocycles. The number of carbonyl (C=O) groups is 1. The number of primary sulfonamides is 1. The molecule has 1 aliphatic rings. The third kappa shape index (κ3) is 5.20. The summed E-state index contributed by atoms with van der Waals surface area (Å²) in [4.78, 5) is 13.0. The fraction of sp³-hybridized carbons (Fsp3) is 0.273. The Balaban J connectivity index is 1.94. The van der Waals surface area contributed by atoms with Crippen molar-refractivity contribution in [2.24, 2.45) is 10.2 Å². The Kier molecular flexibility index (Phi) is 7.06. The molecule has 0 saturated heterocycles. The zero-order valence-corrected chi connectivity index (χ0v) is 20.5. The maximum atomic E-state index is 13.0. The van der Waals surface area contributed by atoms with E-state index in [1.165, 1.54) is 29.3 Å². The smallest absolute Gasteiger partial charge is 0.280 e. The predicted molar refractivity (Wildman–Crippen MR) is 127 cm³/mol. The van der Waals surface area contributed by atoms with Gasteiger partial charge in [0.1, 0.15) is 0 Å². The normalized spacial score (nSPS) is 15.5. The van der Waals surface area contributed by atoms with Crippen LogP contribution in [0.5, 0.6) is 11.5 Å². The van der Waals surface area contributed by atoms with Gasteiger partial charge in [-0.05, 0) is 91.7 Å². The van der Waals surface area contributed by atoms with E-state index in [0.29, 0.717) is 39.6 Å². The second kappa shape index (κ2) is 9.43. The average molecular weight is 522 g/mol. The summed E-state index contributed by atoms with van der Waals surface area (Å²) < 4.78 is 35.2. The average Bonchev–Trinajstić information content (AvgIpc) is 2.98. The zero-order chi connectivity index (χ0) is 23.6. The molecule has 8 nitrogen and oxygen atoms in total. The summed E-state index contributed by atoms with van der Waals surface area (Å²) in [7, 11) is -3.82. The van der Waals surface area contributed by atoms with E-state index in [0.717, 1.165) is 5.56 Å². The van der Waals surface area contributed by atoms with Crippen LogP contribution in [0.3, 0.4) is 0 Å². The van der Waals surface area contributed by atoms with Crippen LogP contribution in [0.2, 0.25) is 0 Å². The fourth-order valence-corrected chi connectivity index (χ4v) is 4.16. The lowest BCUT2D eigenvalue weighted by Gasteiger charge is -2.17. The number of hydrogen-bond acceptors (Lipinski definition) is 6. The highest BCUT2D eigenvalue weighted by molar-refractivity contribution is 9.10. The number of benzene rings is 2. The molecule has 1 amide bonds. The molecule has 0 fully saturated rings. The van der Waals surface area contributed by atoms with E-state index in [1.54, 1.807) is 13.0 Å². The van der Waals surface area contributed by atoms with Crippen molar-refractivity contribution in [3.8, 4) is 11.5 Å². The van der Waals surface area contributed by atoms with Crippen LogP contribution in [0.1, 0.15) is 33.3 Å². The van der Waals surface area contributed by atoms with Gasteiger partial charge in [-0.15, -0.1) is 0 Å². The number of halogens is 1. The van der Waals surface area contributed by atoms with Gasteiger partial charge in [-0.25, -0.2) is 13.6 Å². The lowest BCUT2D eigenvalue weighted by Crippen LogP contribution is -2.21. The molecule has 32 heavy (non-hydrogen) atoms. The number of hydrogen-bond donors (Lipinski definition) is 1. The number of nitrogens with zero attached hydrogens (tertiary/aromatic N) is 2. The van der Waals surface area contributed by atoms with Gasteiger partial charge in [0.05, 0.1) is 39.1 Å². The van der Waals surface area contributed by atoms with Crippen LogP contribution in [0, 0.1) is 0 Å². The minimum atomic E-state index is -3.82. The van der Waals surface area contributed by atoms with Crippen molar-refractivity contribution in [3.63, 3.8) is 0 Å². The number of rotatable bonds is 7. The first-order valence-electron chi connectivity index (χ1n) is 9.88. The van der Waals surface area contributed by atoms with Crippen molar-refractivity contribution in [2.45, 2.75) is 38.7 Å². The summed E-state index contributed by atoms with van der Waals surface area (Å²) in [6.07, 6.45) is 1.70. The first-order chi connectivity index (χ1) is 15.0. The third-order valence-corrected chi connectivity index (χ3v) is 5.99. The first-order valence-corrected chi connectivity index (χ1v) is 12.2. The van der Waals surface area contributed by atoms with E-state index in [-0.39, 0.29) is 16.9 Å². The predicted octanol–water partition coefficient (Wildman–Crippen LogP) is 4.09. The highest BCUT2D eigenvalue weighted by Gasteiger charge is 2.29. The van der Waals surface area contributed by atoms with Gasteiger partial charge in [-0.1, -0.05) is 0 Å². The molecule has 0 saturated carbocycles. The molecule has 170 valence electrons. The molecular formula is C22H24BrN3O5S. The van der Waals surface area contributed by atoms with Gasteiger partial charge in [0.2, 0.25) is 10.0 Å². The summed E-state index contributed by atoms with van der Waals surface area (Å²) >= 11 is 3.53. The molecule has 0 unspecified atom stereocenters. The van der Waals surface area contributed by atoms with Crippen LogP contribution in [-0.4, -0.2) is 32.7 Å². The Morgan fingerprint density at radius 2 is 1.88 bits per heavy atom. The second-order valence-electron chi connectivity index (χ2n) is 7.33. The summed E-state index contributed by atoms with van der Waals surface area (Å²) in [5.74, 6) is 0.837. The summed E-state index contributed by atoms with van der Waals surface area (Å²) in [6, 6.07) is 9.30. The number of sulfonamides is 1. The lowest BCUT2D eigenvalue weighted by molar-refractivity contribution is -0.114. The van der Waals surface area contributed by atoms with Crippen molar-refractivity contribution < 1.29 is 22.7 Å². The van der Waals surface area contributed by atoms with E-state index >= 15 is 0 Å². The van der Waals surface area contributed by atoms with Gasteiger partial charge < -0.3 is 9.47 Å². The second-order valence-corrected chi connectivity index (χ2v) is 9.74. The summed E-state index contributed by atoms with van der Waals surface area (Å²) in [5, 5.41) is 10.7. The van der Waals surface area contributed by atoms with Crippen LogP contribution in [0.15, 0.2) is 56.4 Å². The van der Waals surface area contributed by atoms with Crippen LogP contribution >= 0.6 is 15.9 Å². The maximum Gasteiger partial charge on any atom is 0.280 e. The Hall–Kier alpha value is -2.69. The monoisotopic (exact) mass is 521 g/mol. The minimum Gasteiger partial charge on any atom is -0.490 e. The quantitative estimate of drug-likeness (QED) is 0.551. The molecule has 1 aliphatic heterocycles. The summed E-state index contributed by atoms with van der Waals surface area (Å²) in [6.45, 7) is 7.94. The van der Waals surface area contributed by atoms with Gasteiger partial charge in [0.25, 0.3) is 5.91 Å². The molecular weight excluding hydrogens is 498 g/mol. The van der Waals surface area contributed by atoms with Gasteiger partial charge in [-0.3, -0.25) is 4.79 Å². The number of nitrogens with two attached hydrogens (primary N) is 1. The van der Waals surface area contributed by atoms with E-state index in [9.17, 15) is 13.2 Å². The molecule has 2 aromatic carbocycles. The standard InChI is InChI=1S/C22H24BrN3O5S/c1-5-30-20-12-15(11-19(23)21(20)31-13(2)3)10-18-14(4)25-26(22(18)27)16-6-8-17(9-7-16)32(24,28)29/h6-13H,5H2,1-4H3,(H2,24,28,29)/b18-10-. The van der Waals surface area contributed by atoms with Crippen LogP contribution < -0.4 is 19.6 Å². The topological polar surface area (TPSA) is 111 Å². The number of hydrazone groups is 1. The van der Waals surface area contributed by atoms with E-state index in [1.807, 2.05) is 32.9 Å². The molecule has 1 heterocycles. The molecule has 0 atom stereocenters. The van der Waals surface area contributed by atoms with Crippen molar-refractivity contribution in [1.29, 1.82) is 0 Å². The molecule has 0 bridgehead atoms. The molecule has 0 aliphatic carbocycles. The largest absolute Gasteiger partial charge is 0.490 e. The first kappa shape index (κ1) is 24.0. The lowest BCUT2D eigenvalue weighted by atomic mass is 10.1. The zero-order valence-electron chi connectivity index (χ0n) is 18.1.